The second-order valence-corrected chi connectivity index (χ2v) is 7.95. The first-order valence-corrected chi connectivity index (χ1v) is 9.65. The minimum Gasteiger partial charge on any atom is -0.326 e. The molecule has 0 spiro atoms. The van der Waals surface area contributed by atoms with Crippen molar-refractivity contribution in [1.82, 2.24) is 5.32 Å². The van der Waals surface area contributed by atoms with Crippen molar-refractivity contribution >= 4 is 34.0 Å². The number of anilines is 1. The molecule has 24 heavy (non-hydrogen) atoms. The molecule has 1 aromatic rings. The minimum absolute atomic E-state index is 0. The van der Waals surface area contributed by atoms with Crippen LogP contribution in [0.1, 0.15) is 31.7 Å². The van der Waals surface area contributed by atoms with Crippen LogP contribution in [0.5, 0.6) is 0 Å². The molecule has 1 aliphatic rings. The molecule has 0 bridgehead atoms. The van der Waals surface area contributed by atoms with E-state index in [1.54, 1.807) is 24.3 Å². The number of sulfonamides is 1. The van der Waals surface area contributed by atoms with E-state index in [1.807, 2.05) is 0 Å². The van der Waals surface area contributed by atoms with Crippen molar-refractivity contribution in [3.8, 4) is 0 Å². The molecule has 2 unspecified atom stereocenters. The van der Waals surface area contributed by atoms with Gasteiger partial charge in [-0.05, 0) is 55.5 Å². The first-order chi connectivity index (χ1) is 10.8. The highest BCUT2D eigenvalue weighted by Gasteiger charge is 2.22. The van der Waals surface area contributed by atoms with Crippen LogP contribution in [0.2, 0.25) is 0 Å². The molecule has 2 atom stereocenters. The van der Waals surface area contributed by atoms with E-state index in [-0.39, 0.29) is 24.1 Å². The number of carbonyl (C=O) groups is 1. The fraction of sp³-hybridized carbons (Fsp3) is 0.562. The van der Waals surface area contributed by atoms with Gasteiger partial charge in [0.15, 0.2) is 0 Å². The maximum absolute atomic E-state index is 12.1. The summed E-state index contributed by atoms with van der Waals surface area (Å²) >= 11 is 0. The van der Waals surface area contributed by atoms with Crippen LogP contribution in [0, 0.1) is 11.8 Å². The van der Waals surface area contributed by atoms with E-state index in [0.29, 0.717) is 29.5 Å². The molecule has 0 aliphatic carbocycles. The van der Waals surface area contributed by atoms with E-state index in [4.69, 9.17) is 5.14 Å². The molecule has 1 aromatic carbocycles. The van der Waals surface area contributed by atoms with E-state index >= 15 is 0 Å². The molecule has 2 rings (SSSR count). The number of primary sulfonamides is 1. The van der Waals surface area contributed by atoms with Gasteiger partial charge in [-0.1, -0.05) is 19.1 Å². The zero-order valence-corrected chi connectivity index (χ0v) is 15.5. The third kappa shape index (κ3) is 7.17. The second-order valence-electron chi connectivity index (χ2n) is 6.34. The molecule has 6 nitrogen and oxygen atoms in total. The Labute approximate surface area is 150 Å². The van der Waals surface area contributed by atoms with E-state index < -0.39 is 10.0 Å². The van der Waals surface area contributed by atoms with Gasteiger partial charge in [-0.15, -0.1) is 12.4 Å². The molecule has 136 valence electrons. The number of benzene rings is 1. The van der Waals surface area contributed by atoms with Gasteiger partial charge in [-0.2, -0.15) is 0 Å². The molecule has 1 heterocycles. The van der Waals surface area contributed by atoms with Crippen LogP contribution in [-0.4, -0.2) is 27.4 Å². The summed E-state index contributed by atoms with van der Waals surface area (Å²) in [6.07, 6.45) is 2.83. The highest BCUT2D eigenvalue weighted by Crippen LogP contribution is 2.23. The predicted octanol–water partition coefficient (Wildman–Crippen LogP) is 1.86. The number of nitrogens with one attached hydrogen (secondary N) is 2. The number of carbonyl (C=O) groups excluding carboxylic acids is 1. The monoisotopic (exact) mass is 375 g/mol. The van der Waals surface area contributed by atoms with Gasteiger partial charge in [0.25, 0.3) is 0 Å². The summed E-state index contributed by atoms with van der Waals surface area (Å²) in [5, 5.41) is 11.2. The van der Waals surface area contributed by atoms with Crippen molar-refractivity contribution in [2.24, 2.45) is 17.0 Å². The van der Waals surface area contributed by atoms with E-state index in [2.05, 4.69) is 17.6 Å². The molecule has 0 aromatic heterocycles. The Bertz CT molecular complexity index is 628. The molecule has 0 radical (unpaired) electrons. The molecular formula is C16H26ClN3O3S. The summed E-state index contributed by atoms with van der Waals surface area (Å²) in [6, 6.07) is 6.72. The lowest BCUT2D eigenvalue weighted by Crippen LogP contribution is -2.34. The van der Waals surface area contributed by atoms with E-state index in [0.717, 1.165) is 13.1 Å². The number of piperidine rings is 1. The highest BCUT2D eigenvalue weighted by molar-refractivity contribution is 7.88. The maximum Gasteiger partial charge on any atom is 0.224 e. The number of nitrogens with two attached hydrogens (primary N) is 1. The van der Waals surface area contributed by atoms with Gasteiger partial charge >= 0.3 is 0 Å². The molecule has 8 heteroatoms. The first kappa shape index (κ1) is 20.9. The fourth-order valence-corrected chi connectivity index (χ4v) is 3.61. The predicted molar refractivity (Wildman–Crippen MR) is 98.5 cm³/mol. The second kappa shape index (κ2) is 9.36. The Morgan fingerprint density at radius 3 is 2.58 bits per heavy atom. The van der Waals surface area contributed by atoms with Gasteiger partial charge in [-0.3, -0.25) is 4.79 Å². The van der Waals surface area contributed by atoms with Gasteiger partial charge in [0.2, 0.25) is 15.9 Å². The summed E-state index contributed by atoms with van der Waals surface area (Å²) in [7, 11) is -3.53. The Morgan fingerprint density at radius 1 is 1.38 bits per heavy atom. The van der Waals surface area contributed by atoms with Gasteiger partial charge in [-0.25, -0.2) is 13.6 Å². The van der Waals surface area contributed by atoms with Gasteiger partial charge in [0.05, 0.1) is 5.75 Å². The van der Waals surface area contributed by atoms with Crippen molar-refractivity contribution in [2.45, 2.75) is 31.9 Å². The van der Waals surface area contributed by atoms with Crippen LogP contribution in [-0.2, 0) is 20.6 Å². The zero-order chi connectivity index (χ0) is 16.9. The summed E-state index contributed by atoms with van der Waals surface area (Å²) in [5.74, 6) is 0.672. The Kier molecular flexibility index (Phi) is 8.15. The average Bonchev–Trinajstić information content (AvgIpc) is 2.48. The highest BCUT2D eigenvalue weighted by atomic mass is 35.5. The quantitative estimate of drug-likeness (QED) is 0.706. The standard InChI is InChI=1S/C16H25N3O3S.ClH/c1-12(14-3-2-8-18-10-14)9-16(20)19-15-6-4-13(5-7-15)11-23(17,21)22;/h4-7,12,14,18H,2-3,8-11H2,1H3,(H,19,20)(H2,17,21,22);1H. The average molecular weight is 376 g/mol. The molecule has 0 saturated carbocycles. The lowest BCUT2D eigenvalue weighted by Gasteiger charge is -2.28. The van der Waals surface area contributed by atoms with Crippen LogP contribution in [0.15, 0.2) is 24.3 Å². The Hall–Kier alpha value is -1.15. The van der Waals surface area contributed by atoms with Crippen molar-refractivity contribution in [1.29, 1.82) is 0 Å². The van der Waals surface area contributed by atoms with Crippen LogP contribution in [0.4, 0.5) is 5.69 Å². The van der Waals surface area contributed by atoms with Gasteiger partial charge in [0.1, 0.15) is 0 Å². The lowest BCUT2D eigenvalue weighted by molar-refractivity contribution is -0.117. The number of hydrogen-bond donors (Lipinski definition) is 3. The number of rotatable bonds is 6. The summed E-state index contributed by atoms with van der Waals surface area (Å²) in [4.78, 5) is 12.1. The van der Waals surface area contributed by atoms with E-state index in [9.17, 15) is 13.2 Å². The van der Waals surface area contributed by atoms with Crippen molar-refractivity contribution in [3.05, 3.63) is 29.8 Å². The molecule has 4 N–H and O–H groups in total. The molecular weight excluding hydrogens is 350 g/mol. The number of hydrogen-bond acceptors (Lipinski definition) is 4. The lowest BCUT2D eigenvalue weighted by atomic mass is 9.85. The van der Waals surface area contributed by atoms with Crippen LogP contribution in [0.3, 0.4) is 0 Å². The zero-order valence-electron chi connectivity index (χ0n) is 13.8. The smallest absolute Gasteiger partial charge is 0.224 e. The topological polar surface area (TPSA) is 101 Å². The number of halogens is 1. The van der Waals surface area contributed by atoms with Crippen molar-refractivity contribution in [2.75, 3.05) is 18.4 Å². The first-order valence-electron chi connectivity index (χ1n) is 7.93. The summed E-state index contributed by atoms with van der Waals surface area (Å²) in [6.45, 7) is 4.17. The van der Waals surface area contributed by atoms with Crippen molar-refractivity contribution < 1.29 is 13.2 Å². The molecule has 1 fully saturated rings. The van der Waals surface area contributed by atoms with Crippen LogP contribution in [0.25, 0.3) is 0 Å². The largest absolute Gasteiger partial charge is 0.326 e. The van der Waals surface area contributed by atoms with Gasteiger partial charge in [0, 0.05) is 12.1 Å². The Morgan fingerprint density at radius 2 is 2.04 bits per heavy atom. The SMILES string of the molecule is CC(CC(=O)Nc1ccc(CS(N)(=O)=O)cc1)C1CCCNC1.Cl. The number of amides is 1. The van der Waals surface area contributed by atoms with Crippen LogP contribution < -0.4 is 15.8 Å². The summed E-state index contributed by atoms with van der Waals surface area (Å²) < 4.78 is 22.1. The molecule has 1 aliphatic heterocycles. The normalized spacial score (nSPS) is 19.2. The molecule has 1 saturated heterocycles. The molecule has 1 amide bonds. The fourth-order valence-electron chi connectivity index (χ4n) is 2.95. The van der Waals surface area contributed by atoms with Crippen LogP contribution >= 0.6 is 12.4 Å². The maximum atomic E-state index is 12.1. The van der Waals surface area contributed by atoms with E-state index in [1.165, 1.54) is 12.8 Å². The third-order valence-electron chi connectivity index (χ3n) is 4.25. The minimum atomic E-state index is -3.53. The summed E-state index contributed by atoms with van der Waals surface area (Å²) in [5.41, 5.74) is 1.27. The van der Waals surface area contributed by atoms with Crippen molar-refractivity contribution in [3.63, 3.8) is 0 Å². The third-order valence-corrected chi connectivity index (χ3v) is 4.99. The van der Waals surface area contributed by atoms with Gasteiger partial charge < -0.3 is 10.6 Å². The Balaban J connectivity index is 0.00000288.